The van der Waals surface area contributed by atoms with Crippen LogP contribution in [0.4, 0.5) is 0 Å². The quantitative estimate of drug-likeness (QED) is 0.163. The maximum atomic E-state index is 3.54. The minimum Gasteiger partial charge on any atom is -0.0876 e. The second-order valence-electron chi connectivity index (χ2n) is 8.54. The minimum atomic E-state index is 0.897. The van der Waals surface area contributed by atoms with Gasteiger partial charge in [0.25, 0.3) is 0 Å². The molecule has 0 fully saturated rings. The molecule has 0 heterocycles. The molecule has 0 aliphatic rings. The van der Waals surface area contributed by atoms with E-state index in [1.165, 1.54) is 50.1 Å². The van der Waals surface area contributed by atoms with Gasteiger partial charge in [0.05, 0.1) is 0 Å². The van der Waals surface area contributed by atoms with Gasteiger partial charge in [-0.1, -0.05) is 139 Å². The lowest BCUT2D eigenvalue weighted by molar-refractivity contribution is 1.09. The fourth-order valence-corrected chi connectivity index (χ4v) is 5.21. The predicted octanol–water partition coefficient (Wildman–Crippen LogP) is 9.14. The van der Waals surface area contributed by atoms with E-state index in [1.807, 2.05) is 0 Å². The van der Waals surface area contributed by atoms with Crippen LogP contribution in [0.3, 0.4) is 0 Å². The molecule has 0 atom stereocenters. The van der Waals surface area contributed by atoms with E-state index in [4.69, 9.17) is 0 Å². The van der Waals surface area contributed by atoms with E-state index in [2.05, 4.69) is 139 Å². The number of alkyl halides is 3. The molecule has 0 nitrogen and oxygen atoms in total. The van der Waals surface area contributed by atoms with Crippen LogP contribution in [-0.4, -0.2) is 0 Å². The lowest BCUT2D eigenvalue weighted by Gasteiger charge is -2.12. The van der Waals surface area contributed by atoms with Gasteiger partial charge in [0.1, 0.15) is 0 Å². The Bertz CT molecular complexity index is 997. The molecule has 0 saturated carbocycles. The van der Waals surface area contributed by atoms with Gasteiger partial charge in [-0.2, -0.15) is 0 Å². The SMILES string of the molecule is BrCc1ccc(Cc2cc(Cc3ccc(CBr)cc3)cc(Cc3ccc(CBr)cc3)c2)cc1. The molecule has 0 aliphatic heterocycles. The van der Waals surface area contributed by atoms with Gasteiger partial charge < -0.3 is 0 Å². The Balaban J connectivity index is 1.61. The monoisotopic (exact) mass is 624 g/mol. The molecule has 3 heteroatoms. The summed E-state index contributed by atoms with van der Waals surface area (Å²) in [6.07, 6.45) is 2.86. The maximum absolute atomic E-state index is 3.54. The topological polar surface area (TPSA) is 0 Å². The van der Waals surface area contributed by atoms with Crippen molar-refractivity contribution < 1.29 is 0 Å². The average molecular weight is 627 g/mol. The summed E-state index contributed by atoms with van der Waals surface area (Å²) in [5.41, 5.74) is 12.1. The molecule has 4 rings (SSSR count). The summed E-state index contributed by atoms with van der Waals surface area (Å²) in [7, 11) is 0. The Morgan fingerprint density at radius 3 is 0.727 bits per heavy atom. The molecule has 0 N–H and O–H groups in total. The van der Waals surface area contributed by atoms with Gasteiger partial charge in [-0.15, -0.1) is 0 Å². The van der Waals surface area contributed by atoms with E-state index in [1.54, 1.807) is 0 Å². The van der Waals surface area contributed by atoms with Gasteiger partial charge >= 0.3 is 0 Å². The molecule has 0 spiro atoms. The first kappa shape index (κ1) is 24.4. The third-order valence-corrected chi connectivity index (χ3v) is 7.81. The summed E-state index contributed by atoms with van der Waals surface area (Å²) < 4.78 is 0. The molecule has 0 amide bonds. The molecule has 4 aromatic rings. The van der Waals surface area contributed by atoms with Gasteiger partial charge in [0.15, 0.2) is 0 Å². The van der Waals surface area contributed by atoms with E-state index in [9.17, 15) is 0 Å². The van der Waals surface area contributed by atoms with Crippen LogP contribution in [0, 0.1) is 0 Å². The van der Waals surface area contributed by atoms with Crippen molar-refractivity contribution in [3.63, 3.8) is 0 Å². The smallest absolute Gasteiger partial charge is 0.0283 e. The highest BCUT2D eigenvalue weighted by Crippen LogP contribution is 2.21. The molecule has 0 aromatic heterocycles. The Labute approximate surface area is 222 Å². The highest BCUT2D eigenvalue weighted by molar-refractivity contribution is 9.09. The number of hydrogen-bond acceptors (Lipinski definition) is 0. The Morgan fingerprint density at radius 2 is 0.515 bits per heavy atom. The van der Waals surface area contributed by atoms with Crippen molar-refractivity contribution in [2.45, 2.75) is 35.3 Å². The van der Waals surface area contributed by atoms with Crippen LogP contribution < -0.4 is 0 Å². The van der Waals surface area contributed by atoms with Gasteiger partial charge in [-0.3, -0.25) is 0 Å². The Morgan fingerprint density at radius 1 is 0.303 bits per heavy atom. The first-order chi connectivity index (χ1) is 16.1. The largest absolute Gasteiger partial charge is 0.0876 e. The van der Waals surface area contributed by atoms with E-state index in [0.717, 1.165) is 35.3 Å². The van der Waals surface area contributed by atoms with Crippen molar-refractivity contribution in [2.75, 3.05) is 0 Å². The molecule has 33 heavy (non-hydrogen) atoms. The summed E-state index contributed by atoms with van der Waals surface area (Å²) in [4.78, 5) is 0. The highest BCUT2D eigenvalue weighted by Gasteiger charge is 2.06. The number of benzene rings is 4. The zero-order valence-electron chi connectivity index (χ0n) is 18.5. The molecule has 0 radical (unpaired) electrons. The van der Waals surface area contributed by atoms with Crippen LogP contribution in [-0.2, 0) is 35.3 Å². The van der Waals surface area contributed by atoms with Crippen molar-refractivity contribution in [1.82, 2.24) is 0 Å². The second kappa shape index (κ2) is 12.1. The second-order valence-corrected chi connectivity index (χ2v) is 10.2. The van der Waals surface area contributed by atoms with Gasteiger partial charge in [0.2, 0.25) is 0 Å². The Kier molecular flexibility index (Phi) is 9.00. The summed E-state index contributed by atoms with van der Waals surface area (Å²) in [5, 5.41) is 2.69. The molecule has 4 aromatic carbocycles. The van der Waals surface area contributed by atoms with Gasteiger partial charge in [-0.25, -0.2) is 0 Å². The van der Waals surface area contributed by atoms with Crippen molar-refractivity contribution in [1.29, 1.82) is 0 Å². The first-order valence-electron chi connectivity index (χ1n) is 11.2. The molecule has 0 aliphatic carbocycles. The highest BCUT2D eigenvalue weighted by atomic mass is 79.9. The fraction of sp³-hybridized carbons (Fsp3) is 0.200. The lowest BCUT2D eigenvalue weighted by Crippen LogP contribution is -1.98. The number of hydrogen-bond donors (Lipinski definition) is 0. The molecule has 0 bridgehead atoms. The average Bonchev–Trinajstić information content (AvgIpc) is 2.85. The summed E-state index contributed by atoms with van der Waals surface area (Å²) in [6.45, 7) is 0. The van der Waals surface area contributed by atoms with Crippen molar-refractivity contribution in [2.24, 2.45) is 0 Å². The summed E-state index contributed by atoms with van der Waals surface area (Å²) in [5.74, 6) is 0. The van der Waals surface area contributed by atoms with Crippen molar-refractivity contribution in [3.8, 4) is 0 Å². The molecular formula is C30H27Br3. The third kappa shape index (κ3) is 7.15. The van der Waals surface area contributed by atoms with Crippen LogP contribution in [0.5, 0.6) is 0 Å². The van der Waals surface area contributed by atoms with Crippen LogP contribution in [0.25, 0.3) is 0 Å². The predicted molar refractivity (Wildman–Crippen MR) is 152 cm³/mol. The van der Waals surface area contributed by atoms with Gasteiger partial charge in [0, 0.05) is 16.0 Å². The number of rotatable bonds is 9. The first-order valence-corrected chi connectivity index (χ1v) is 14.5. The molecule has 0 saturated heterocycles. The van der Waals surface area contributed by atoms with Gasteiger partial charge in [-0.05, 0) is 69.3 Å². The Hall–Kier alpha value is -1.68. The zero-order valence-corrected chi connectivity index (χ0v) is 23.3. The fourth-order valence-electron chi connectivity index (χ4n) is 4.09. The summed E-state index contributed by atoms with van der Waals surface area (Å²) >= 11 is 10.6. The minimum absolute atomic E-state index is 0.897. The standard InChI is InChI=1S/C30H27Br3/c31-19-25-7-1-22(2-8-25)13-28-16-29(14-23-3-9-26(20-32)10-4-23)18-30(17-28)15-24-5-11-27(21-33)12-6-24/h1-12,16-18H,13-15,19-21H2. The van der Waals surface area contributed by atoms with Crippen molar-refractivity contribution >= 4 is 47.8 Å². The van der Waals surface area contributed by atoms with Crippen LogP contribution in [0.15, 0.2) is 91.0 Å². The van der Waals surface area contributed by atoms with E-state index < -0.39 is 0 Å². The lowest BCUT2D eigenvalue weighted by atomic mass is 9.93. The summed E-state index contributed by atoms with van der Waals surface area (Å²) in [6, 6.07) is 33.9. The van der Waals surface area contributed by atoms with Crippen LogP contribution in [0.2, 0.25) is 0 Å². The third-order valence-electron chi connectivity index (χ3n) is 5.87. The van der Waals surface area contributed by atoms with E-state index in [0.29, 0.717) is 0 Å². The van der Waals surface area contributed by atoms with Crippen LogP contribution in [0.1, 0.15) is 50.1 Å². The zero-order chi connectivity index (χ0) is 23.0. The molecular weight excluding hydrogens is 600 g/mol. The molecule has 168 valence electrons. The van der Waals surface area contributed by atoms with Crippen LogP contribution >= 0.6 is 47.8 Å². The van der Waals surface area contributed by atoms with E-state index in [-0.39, 0.29) is 0 Å². The van der Waals surface area contributed by atoms with Crippen molar-refractivity contribution in [3.05, 3.63) is 141 Å². The van der Waals surface area contributed by atoms with E-state index >= 15 is 0 Å². The maximum Gasteiger partial charge on any atom is 0.0283 e. The number of halogens is 3. The normalized spacial score (nSPS) is 11.0. The molecule has 0 unspecified atom stereocenters.